The van der Waals surface area contributed by atoms with Gasteiger partial charge in [-0.2, -0.15) is 5.10 Å². The van der Waals surface area contributed by atoms with Crippen LogP contribution in [0.1, 0.15) is 16.7 Å². The second-order valence-corrected chi connectivity index (χ2v) is 10.4. The number of nitrogens with zero attached hydrogens (tertiary/aromatic N) is 2. The van der Waals surface area contributed by atoms with Crippen molar-refractivity contribution in [1.29, 1.82) is 0 Å². The number of anilines is 1. The molecule has 1 atom stereocenters. The Morgan fingerprint density at radius 1 is 0.833 bits per heavy atom. The number of hydrogen-bond acceptors (Lipinski definition) is 3. The Morgan fingerprint density at radius 2 is 1.42 bits per heavy atom. The van der Waals surface area contributed by atoms with Crippen LogP contribution in [0.3, 0.4) is 0 Å². The molecule has 5 rings (SSSR count). The van der Waals surface area contributed by atoms with E-state index >= 15 is 0 Å². The van der Waals surface area contributed by atoms with Crippen LogP contribution in [0.25, 0.3) is 0 Å². The molecule has 0 saturated carbocycles. The summed E-state index contributed by atoms with van der Waals surface area (Å²) < 4.78 is 0.952. The summed E-state index contributed by atoms with van der Waals surface area (Å²) in [5, 5.41) is 11.1. The third-order valence-electron chi connectivity index (χ3n) is 6.24. The van der Waals surface area contributed by atoms with Crippen molar-refractivity contribution in [3.63, 3.8) is 0 Å². The van der Waals surface area contributed by atoms with Gasteiger partial charge in [0.25, 0.3) is 0 Å². The minimum Gasteiger partial charge on any atom is -0.324 e. The number of hydrogen-bond donors (Lipinski definition) is 1. The summed E-state index contributed by atoms with van der Waals surface area (Å²) in [6.07, 6.45) is 0. The molecule has 0 spiro atoms. The van der Waals surface area contributed by atoms with E-state index in [1.807, 2.05) is 96.0 Å². The quantitative estimate of drug-likeness (QED) is 0.259. The van der Waals surface area contributed by atoms with Crippen molar-refractivity contribution in [3.05, 3.63) is 134 Å². The van der Waals surface area contributed by atoms with Crippen molar-refractivity contribution in [2.75, 3.05) is 18.4 Å². The topological polar surface area (TPSA) is 44.7 Å². The van der Waals surface area contributed by atoms with Crippen molar-refractivity contribution in [2.45, 2.75) is 5.41 Å². The van der Waals surface area contributed by atoms with E-state index in [9.17, 15) is 4.79 Å². The molecule has 0 aromatic heterocycles. The van der Waals surface area contributed by atoms with Crippen molar-refractivity contribution in [1.82, 2.24) is 5.01 Å². The third kappa shape index (κ3) is 5.05. The Morgan fingerprint density at radius 3 is 2.06 bits per heavy atom. The van der Waals surface area contributed by atoms with Gasteiger partial charge in [0.05, 0.1) is 17.7 Å². The molecule has 1 aliphatic heterocycles. The monoisotopic (exact) mass is 577 g/mol. The number of carbonyl (C=O) groups is 1. The molecule has 0 radical (unpaired) electrons. The summed E-state index contributed by atoms with van der Waals surface area (Å²) in [6.45, 7) is 0.597. The lowest BCUT2D eigenvalue weighted by Gasteiger charge is -2.32. The van der Waals surface area contributed by atoms with Crippen LogP contribution >= 0.6 is 39.1 Å². The number of carbonyl (C=O) groups excluding carboxylic acids is 1. The molecule has 0 fully saturated rings. The van der Waals surface area contributed by atoms with Crippen molar-refractivity contribution in [2.24, 2.45) is 5.10 Å². The lowest BCUT2D eigenvalue weighted by atomic mass is 9.69. The van der Waals surface area contributed by atoms with Gasteiger partial charge in [0.2, 0.25) is 5.91 Å². The molecule has 1 N–H and O–H groups in total. The molecular formula is C29H22BrCl2N3O. The molecule has 0 bridgehead atoms. The van der Waals surface area contributed by atoms with Gasteiger partial charge in [-0.05, 0) is 65.2 Å². The zero-order valence-electron chi connectivity index (χ0n) is 19.2. The third-order valence-corrected chi connectivity index (χ3v) is 7.27. The molecule has 7 heteroatoms. The van der Waals surface area contributed by atoms with Gasteiger partial charge in [0, 0.05) is 20.2 Å². The first-order chi connectivity index (χ1) is 17.4. The number of amides is 1. The average Bonchev–Trinajstić information content (AvgIpc) is 3.26. The number of rotatable bonds is 6. The Kier molecular flexibility index (Phi) is 7.15. The molecule has 4 aromatic carbocycles. The first kappa shape index (κ1) is 24.6. The Balaban J connectivity index is 1.56. The van der Waals surface area contributed by atoms with Crippen molar-refractivity contribution >= 4 is 56.4 Å². The molecule has 1 amide bonds. The van der Waals surface area contributed by atoms with E-state index in [0.29, 0.717) is 16.6 Å². The predicted octanol–water partition coefficient (Wildman–Crippen LogP) is 7.40. The van der Waals surface area contributed by atoms with E-state index < -0.39 is 5.41 Å². The van der Waals surface area contributed by atoms with Gasteiger partial charge in [0.15, 0.2) is 0 Å². The summed E-state index contributed by atoms with van der Waals surface area (Å²) in [5.41, 5.74) is 4.03. The second kappa shape index (κ2) is 10.5. The van der Waals surface area contributed by atoms with E-state index in [1.165, 1.54) is 0 Å². The van der Waals surface area contributed by atoms with Crippen LogP contribution in [0, 0.1) is 0 Å². The highest BCUT2D eigenvalue weighted by Gasteiger charge is 2.46. The normalized spacial score (nSPS) is 17.1. The molecule has 4 aromatic rings. The predicted molar refractivity (Wildman–Crippen MR) is 151 cm³/mol. The molecular weight excluding hydrogens is 557 g/mol. The van der Waals surface area contributed by atoms with Crippen LogP contribution in [-0.2, 0) is 10.2 Å². The van der Waals surface area contributed by atoms with Gasteiger partial charge in [-0.3, -0.25) is 9.80 Å². The number of benzene rings is 4. The van der Waals surface area contributed by atoms with Crippen molar-refractivity contribution < 1.29 is 4.79 Å². The lowest BCUT2D eigenvalue weighted by molar-refractivity contribution is -0.117. The lowest BCUT2D eigenvalue weighted by Crippen LogP contribution is -2.41. The fourth-order valence-corrected chi connectivity index (χ4v) is 5.11. The fraction of sp³-hybridized carbons (Fsp3) is 0.103. The Hall–Kier alpha value is -3.12. The first-order valence-electron chi connectivity index (χ1n) is 11.4. The highest BCUT2D eigenvalue weighted by molar-refractivity contribution is 9.10. The summed E-state index contributed by atoms with van der Waals surface area (Å²) >= 11 is 15.9. The summed E-state index contributed by atoms with van der Waals surface area (Å²) in [6, 6.07) is 33.3. The van der Waals surface area contributed by atoms with E-state index in [1.54, 1.807) is 0 Å². The van der Waals surface area contributed by atoms with Gasteiger partial charge in [-0.15, -0.1) is 0 Å². The summed E-state index contributed by atoms with van der Waals surface area (Å²) in [5.74, 6) is -0.142. The van der Waals surface area contributed by atoms with E-state index in [-0.39, 0.29) is 12.5 Å². The minimum absolute atomic E-state index is 0.106. The fourth-order valence-electron chi connectivity index (χ4n) is 4.59. The van der Waals surface area contributed by atoms with Crippen molar-refractivity contribution in [3.8, 4) is 0 Å². The smallest absolute Gasteiger partial charge is 0.245 e. The van der Waals surface area contributed by atoms with Crippen LogP contribution in [0.5, 0.6) is 0 Å². The minimum atomic E-state index is -0.614. The highest BCUT2D eigenvalue weighted by atomic mass is 79.9. The van der Waals surface area contributed by atoms with E-state index in [2.05, 4.69) is 33.4 Å². The molecule has 1 unspecified atom stereocenters. The van der Waals surface area contributed by atoms with Gasteiger partial charge >= 0.3 is 0 Å². The maximum absolute atomic E-state index is 13.0. The van der Waals surface area contributed by atoms with E-state index in [4.69, 9.17) is 28.3 Å². The largest absolute Gasteiger partial charge is 0.324 e. The van der Waals surface area contributed by atoms with Gasteiger partial charge in [-0.1, -0.05) is 93.7 Å². The van der Waals surface area contributed by atoms with E-state index in [0.717, 1.165) is 32.6 Å². The zero-order valence-corrected chi connectivity index (χ0v) is 22.3. The number of nitrogens with one attached hydrogen (secondary N) is 1. The molecule has 180 valence electrons. The van der Waals surface area contributed by atoms with Crippen LogP contribution in [0.2, 0.25) is 10.0 Å². The molecule has 0 aliphatic carbocycles. The average molecular weight is 579 g/mol. The highest BCUT2D eigenvalue weighted by Crippen LogP contribution is 2.41. The van der Waals surface area contributed by atoms with Crippen LogP contribution in [0.15, 0.2) is 113 Å². The maximum Gasteiger partial charge on any atom is 0.245 e. The molecule has 1 aliphatic rings. The Bertz CT molecular complexity index is 1390. The number of halogens is 3. The van der Waals surface area contributed by atoms with Gasteiger partial charge in [-0.25, -0.2) is 0 Å². The molecule has 1 heterocycles. The SMILES string of the molecule is O=C(CN1CC(c2ccccc2)(c2ccc(Cl)cc2)C(c2ccc(Cl)cc2)=N1)Nc1ccc(Br)cc1. The maximum atomic E-state index is 13.0. The van der Waals surface area contributed by atoms with Gasteiger partial charge in [0.1, 0.15) is 6.54 Å². The Labute approximate surface area is 228 Å². The van der Waals surface area contributed by atoms with Crippen LogP contribution in [0.4, 0.5) is 5.69 Å². The van der Waals surface area contributed by atoms with Crippen LogP contribution in [-0.4, -0.2) is 29.7 Å². The number of hydrazone groups is 1. The summed E-state index contributed by atoms with van der Waals surface area (Å²) in [7, 11) is 0. The zero-order chi connectivity index (χ0) is 25.1. The summed E-state index contributed by atoms with van der Waals surface area (Å²) in [4.78, 5) is 13.0. The van der Waals surface area contributed by atoms with Gasteiger partial charge < -0.3 is 5.32 Å². The first-order valence-corrected chi connectivity index (χ1v) is 13.0. The van der Waals surface area contributed by atoms with Crippen LogP contribution < -0.4 is 5.32 Å². The molecule has 4 nitrogen and oxygen atoms in total. The standard InChI is InChI=1S/C29H22BrCl2N3O/c30-23-10-16-26(17-11-23)33-27(36)18-35-19-29(21-4-2-1-3-5-21,22-8-14-25(32)15-9-22)28(34-35)20-6-12-24(31)13-7-20/h1-17H,18-19H2,(H,33,36). The molecule has 0 saturated heterocycles. The second-order valence-electron chi connectivity index (χ2n) is 8.61. The molecule has 36 heavy (non-hydrogen) atoms.